The van der Waals surface area contributed by atoms with Gasteiger partial charge in [-0.15, -0.1) is 0 Å². The maximum absolute atomic E-state index is 11.4. The van der Waals surface area contributed by atoms with E-state index in [1.807, 2.05) is 182 Å². The molecule has 2 N–H and O–H groups in total. The molecule has 10 atom stereocenters. The van der Waals surface area contributed by atoms with E-state index in [2.05, 4.69) is 0 Å². The van der Waals surface area contributed by atoms with Crippen LogP contribution in [0, 0.1) is 0 Å². The number of aliphatic hydroxyl groups is 2. The number of hydrogen-bond donors (Lipinski definition) is 2. The van der Waals surface area contributed by atoms with Gasteiger partial charge in [-0.05, 0) is 33.4 Å². The lowest BCUT2D eigenvalue weighted by Gasteiger charge is -2.47. The van der Waals surface area contributed by atoms with Crippen LogP contribution in [0.4, 0.5) is 0 Å². The second-order valence-corrected chi connectivity index (χ2v) is 16.2. The number of benzene rings is 6. The molecule has 2 heterocycles. The van der Waals surface area contributed by atoms with E-state index in [-0.39, 0.29) is 46.2 Å². The van der Waals surface area contributed by atoms with Crippen LogP contribution in [0.15, 0.2) is 182 Å². The van der Waals surface area contributed by atoms with Gasteiger partial charge in [0.1, 0.15) is 48.8 Å². The maximum Gasteiger partial charge on any atom is 0.187 e. The Morgan fingerprint density at radius 3 is 1.06 bits per heavy atom. The number of aliphatic hydroxyl groups excluding tert-OH is 2. The van der Waals surface area contributed by atoms with Crippen LogP contribution in [-0.4, -0.2) is 84.8 Å². The van der Waals surface area contributed by atoms with Gasteiger partial charge in [-0.3, -0.25) is 0 Å². The predicted octanol–water partition coefficient (Wildman–Crippen LogP) is 7.95. The summed E-state index contributed by atoms with van der Waals surface area (Å²) >= 11 is 0. The second-order valence-electron chi connectivity index (χ2n) is 16.2. The molecular formula is C54H58O11. The number of ether oxygens (including phenoxy) is 9. The van der Waals surface area contributed by atoms with E-state index in [0.717, 1.165) is 33.4 Å². The van der Waals surface area contributed by atoms with Crippen LogP contribution in [0.25, 0.3) is 0 Å². The summed E-state index contributed by atoms with van der Waals surface area (Å²) in [6, 6.07) is 59.1. The van der Waals surface area contributed by atoms with E-state index in [9.17, 15) is 10.2 Å². The molecule has 65 heavy (non-hydrogen) atoms. The average molecular weight is 883 g/mol. The number of hydrogen-bond acceptors (Lipinski definition) is 11. The molecule has 0 radical (unpaired) electrons. The van der Waals surface area contributed by atoms with Crippen molar-refractivity contribution < 1.29 is 52.8 Å². The summed E-state index contributed by atoms with van der Waals surface area (Å²) in [6.45, 7) is 1.50. The zero-order valence-electron chi connectivity index (χ0n) is 36.3. The zero-order chi connectivity index (χ0) is 44.5. The minimum atomic E-state index is -1.59. The Kier molecular flexibility index (Phi) is 17.4. The molecule has 11 nitrogen and oxygen atoms in total. The summed E-state index contributed by atoms with van der Waals surface area (Å²) in [5, 5.41) is 22.6. The third kappa shape index (κ3) is 13.5. The fraction of sp³-hybridized carbons (Fsp3) is 0.333. The van der Waals surface area contributed by atoms with Gasteiger partial charge in [0.05, 0.1) is 52.9 Å². The van der Waals surface area contributed by atoms with E-state index < -0.39 is 61.4 Å². The van der Waals surface area contributed by atoms with E-state index in [1.54, 1.807) is 0 Å². The smallest absolute Gasteiger partial charge is 0.187 e. The predicted molar refractivity (Wildman–Crippen MR) is 243 cm³/mol. The lowest BCUT2D eigenvalue weighted by atomic mass is 9.97. The van der Waals surface area contributed by atoms with Gasteiger partial charge in [-0.1, -0.05) is 182 Å². The molecule has 0 unspecified atom stereocenters. The van der Waals surface area contributed by atoms with Crippen LogP contribution in [0.5, 0.6) is 0 Å². The first-order valence-corrected chi connectivity index (χ1v) is 22.3. The second kappa shape index (κ2) is 24.4. The minimum Gasteiger partial charge on any atom is -0.385 e. The molecule has 0 aliphatic carbocycles. The van der Waals surface area contributed by atoms with Gasteiger partial charge in [0.2, 0.25) is 0 Å². The highest BCUT2D eigenvalue weighted by molar-refractivity contribution is 5.18. The fourth-order valence-corrected chi connectivity index (χ4v) is 8.04. The molecule has 0 spiro atoms. The molecule has 0 bridgehead atoms. The molecule has 6 aromatic carbocycles. The summed E-state index contributed by atoms with van der Waals surface area (Å²) in [7, 11) is 0. The third-order valence-corrected chi connectivity index (χ3v) is 11.5. The van der Waals surface area contributed by atoms with Gasteiger partial charge in [0.15, 0.2) is 12.6 Å². The van der Waals surface area contributed by atoms with Crippen LogP contribution in [0.1, 0.15) is 33.4 Å². The molecule has 6 aromatic rings. The lowest BCUT2D eigenvalue weighted by molar-refractivity contribution is -0.346. The van der Waals surface area contributed by atoms with Gasteiger partial charge in [0, 0.05) is 0 Å². The highest BCUT2D eigenvalue weighted by atomic mass is 16.7. The molecule has 0 saturated carbocycles. The first kappa shape index (κ1) is 46.4. The van der Waals surface area contributed by atoms with Crippen molar-refractivity contribution >= 4 is 0 Å². The Morgan fingerprint density at radius 1 is 0.323 bits per heavy atom. The number of rotatable bonds is 22. The van der Waals surface area contributed by atoms with Crippen LogP contribution < -0.4 is 0 Å². The van der Waals surface area contributed by atoms with Crippen LogP contribution >= 0.6 is 0 Å². The first-order valence-electron chi connectivity index (χ1n) is 22.3. The highest BCUT2D eigenvalue weighted by Crippen LogP contribution is 2.34. The van der Waals surface area contributed by atoms with Crippen molar-refractivity contribution in [1.82, 2.24) is 0 Å². The van der Waals surface area contributed by atoms with E-state index in [4.69, 9.17) is 42.6 Å². The zero-order valence-corrected chi connectivity index (χ0v) is 36.3. The summed E-state index contributed by atoms with van der Waals surface area (Å²) in [5.41, 5.74) is 5.73. The molecule has 2 aliphatic rings. The third-order valence-electron chi connectivity index (χ3n) is 11.5. The van der Waals surface area contributed by atoms with Gasteiger partial charge >= 0.3 is 0 Å². The molecular weight excluding hydrogens is 825 g/mol. The Labute approximate surface area is 381 Å². The van der Waals surface area contributed by atoms with Crippen molar-refractivity contribution in [2.24, 2.45) is 0 Å². The normalized spacial score (nSPS) is 25.6. The van der Waals surface area contributed by atoms with Crippen molar-refractivity contribution in [3.8, 4) is 0 Å². The average Bonchev–Trinajstić information content (AvgIpc) is 3.36. The molecule has 2 aliphatic heterocycles. The van der Waals surface area contributed by atoms with Crippen molar-refractivity contribution in [3.05, 3.63) is 215 Å². The van der Waals surface area contributed by atoms with Gasteiger partial charge in [0.25, 0.3) is 0 Å². The van der Waals surface area contributed by atoms with Crippen LogP contribution in [-0.2, 0) is 82.3 Å². The van der Waals surface area contributed by atoms with Gasteiger partial charge in [-0.2, -0.15) is 0 Å². The standard InChI is InChI=1S/C54H58O11/c55-47-50(60-34-42-25-13-4-14-26-42)48(58-32-40-21-9-2-10-22-40)46(64-53(47)56)38-63-54-52(62-36-44-29-17-6-18-30-44)51(61-35-43-27-15-5-16-28-43)49(59-33-41-23-11-3-12-24-41)45(65-54)37-57-31-39-19-7-1-8-20-39/h1-30,45-56H,31-38H2/t45-,46-,47-,48-,49-,50-,51+,52-,53+,54-/m1/s1. The van der Waals surface area contributed by atoms with E-state index in [0.29, 0.717) is 6.61 Å². The largest absolute Gasteiger partial charge is 0.385 e. The Morgan fingerprint density at radius 2 is 0.646 bits per heavy atom. The Hall–Kier alpha value is -5.12. The Bertz CT molecular complexity index is 2210. The van der Waals surface area contributed by atoms with Crippen LogP contribution in [0.2, 0.25) is 0 Å². The van der Waals surface area contributed by atoms with E-state index >= 15 is 0 Å². The van der Waals surface area contributed by atoms with E-state index in [1.165, 1.54) is 0 Å². The summed E-state index contributed by atoms with van der Waals surface area (Å²) in [4.78, 5) is 0. The topological polar surface area (TPSA) is 124 Å². The molecule has 0 aromatic heterocycles. The highest BCUT2D eigenvalue weighted by Gasteiger charge is 2.51. The SMILES string of the molecule is O[C@@H]1[C@@H](OCc2ccccc2)[C@H](OCc2ccccc2)[C@@H](CO[C@@H]2O[C@H](COCc3ccccc3)[C@@H](OCc3ccccc3)[C@H](OCc3ccccc3)[C@H]2OCc2ccccc2)O[C@@H]1O. The molecule has 2 saturated heterocycles. The molecule has 11 heteroatoms. The summed E-state index contributed by atoms with van der Waals surface area (Å²) in [5.74, 6) is 0. The molecule has 340 valence electrons. The molecule has 8 rings (SSSR count). The van der Waals surface area contributed by atoms with Crippen molar-refractivity contribution in [2.75, 3.05) is 13.2 Å². The van der Waals surface area contributed by atoms with Crippen LogP contribution in [0.3, 0.4) is 0 Å². The lowest BCUT2D eigenvalue weighted by Crippen LogP contribution is -2.63. The molecule has 0 amide bonds. The first-order chi connectivity index (χ1) is 32.1. The monoisotopic (exact) mass is 882 g/mol. The van der Waals surface area contributed by atoms with Crippen molar-refractivity contribution in [3.63, 3.8) is 0 Å². The minimum absolute atomic E-state index is 0.136. The van der Waals surface area contributed by atoms with Crippen molar-refractivity contribution in [2.45, 2.75) is 101 Å². The fourth-order valence-electron chi connectivity index (χ4n) is 8.04. The molecule has 2 fully saturated rings. The summed E-state index contributed by atoms with van der Waals surface area (Å²) in [6.07, 6.45) is -9.73. The summed E-state index contributed by atoms with van der Waals surface area (Å²) < 4.78 is 59.7. The van der Waals surface area contributed by atoms with Gasteiger partial charge < -0.3 is 52.8 Å². The Balaban J connectivity index is 1.10. The quantitative estimate of drug-likeness (QED) is 0.0691. The van der Waals surface area contributed by atoms with Gasteiger partial charge in [-0.25, -0.2) is 0 Å². The maximum atomic E-state index is 11.4. The van der Waals surface area contributed by atoms with Crippen molar-refractivity contribution in [1.29, 1.82) is 0 Å².